The number of hydrogen-bond acceptors (Lipinski definition) is 3. The first-order chi connectivity index (χ1) is 10.5. The molecular weight excluding hydrogens is 282 g/mol. The Morgan fingerprint density at radius 3 is 2.45 bits per heavy atom. The highest BCUT2D eigenvalue weighted by atomic mass is 16.5. The molecule has 0 bridgehead atoms. The van der Waals surface area contributed by atoms with Crippen LogP contribution in [0.5, 0.6) is 5.75 Å². The molecule has 2 fully saturated rings. The third kappa shape index (κ3) is 2.67. The average molecular weight is 303 g/mol. The highest BCUT2D eigenvalue weighted by molar-refractivity contribution is 5.89. The van der Waals surface area contributed by atoms with Gasteiger partial charge in [0.25, 0.3) is 5.91 Å². The molecule has 1 aliphatic heterocycles. The smallest absolute Gasteiger partial charge is 0.311 e. The van der Waals surface area contributed by atoms with Crippen molar-refractivity contribution >= 4 is 11.9 Å². The summed E-state index contributed by atoms with van der Waals surface area (Å²) in [5, 5.41) is 9.38. The van der Waals surface area contributed by atoms with Crippen molar-refractivity contribution in [3.05, 3.63) is 30.3 Å². The van der Waals surface area contributed by atoms with Gasteiger partial charge in [0.15, 0.2) is 5.60 Å². The SMILES string of the molecule is CC1(C(=O)O)CCCN(C(=O)C2(Oc3ccccc3)CC2)C1. The molecule has 0 aromatic heterocycles. The zero-order chi connectivity index (χ0) is 15.8. The lowest BCUT2D eigenvalue weighted by Gasteiger charge is -2.39. The molecule has 3 rings (SSSR count). The summed E-state index contributed by atoms with van der Waals surface area (Å²) in [6.45, 7) is 2.59. The van der Waals surface area contributed by atoms with Crippen molar-refractivity contribution in [1.82, 2.24) is 4.90 Å². The van der Waals surface area contributed by atoms with Gasteiger partial charge in [0.1, 0.15) is 5.75 Å². The number of rotatable bonds is 4. The summed E-state index contributed by atoms with van der Waals surface area (Å²) in [7, 11) is 0. The Morgan fingerprint density at radius 1 is 1.18 bits per heavy atom. The number of carbonyl (C=O) groups is 2. The second-order valence-electron chi connectivity index (χ2n) is 6.61. The largest absolute Gasteiger partial charge is 0.481 e. The highest BCUT2D eigenvalue weighted by Crippen LogP contribution is 2.43. The highest BCUT2D eigenvalue weighted by Gasteiger charge is 2.56. The van der Waals surface area contributed by atoms with Crippen LogP contribution in [-0.4, -0.2) is 40.6 Å². The Hall–Kier alpha value is -2.04. The molecule has 1 aromatic rings. The van der Waals surface area contributed by atoms with Crippen LogP contribution in [0.4, 0.5) is 0 Å². The van der Waals surface area contributed by atoms with Gasteiger partial charge >= 0.3 is 5.97 Å². The minimum Gasteiger partial charge on any atom is -0.481 e. The Kier molecular flexibility index (Phi) is 3.59. The van der Waals surface area contributed by atoms with Gasteiger partial charge in [-0.2, -0.15) is 0 Å². The van der Waals surface area contributed by atoms with E-state index in [-0.39, 0.29) is 12.5 Å². The molecule has 118 valence electrons. The van der Waals surface area contributed by atoms with Crippen molar-refractivity contribution in [2.75, 3.05) is 13.1 Å². The van der Waals surface area contributed by atoms with E-state index in [4.69, 9.17) is 4.74 Å². The van der Waals surface area contributed by atoms with Crippen LogP contribution in [0, 0.1) is 5.41 Å². The van der Waals surface area contributed by atoms with E-state index in [1.54, 1.807) is 11.8 Å². The number of aliphatic carboxylic acids is 1. The fourth-order valence-corrected chi connectivity index (χ4v) is 3.06. The molecule has 1 aromatic carbocycles. The monoisotopic (exact) mass is 303 g/mol. The van der Waals surface area contributed by atoms with Crippen molar-refractivity contribution in [1.29, 1.82) is 0 Å². The number of benzene rings is 1. The number of carboxylic acid groups (broad SMARTS) is 1. The number of carboxylic acids is 1. The topological polar surface area (TPSA) is 66.8 Å². The predicted octanol–water partition coefficient (Wildman–Crippen LogP) is 2.31. The minimum atomic E-state index is -0.850. The summed E-state index contributed by atoms with van der Waals surface area (Å²) in [5.41, 5.74) is -1.63. The van der Waals surface area contributed by atoms with Crippen LogP contribution in [0.3, 0.4) is 0 Å². The molecule has 1 heterocycles. The first-order valence-corrected chi connectivity index (χ1v) is 7.72. The molecular formula is C17H21NO4. The first kappa shape index (κ1) is 14.9. The molecule has 0 radical (unpaired) electrons. The lowest BCUT2D eigenvalue weighted by atomic mass is 9.82. The van der Waals surface area contributed by atoms with Crippen molar-refractivity contribution in [3.63, 3.8) is 0 Å². The molecule has 1 N–H and O–H groups in total. The van der Waals surface area contributed by atoms with E-state index in [1.807, 2.05) is 30.3 Å². The number of carbonyl (C=O) groups excluding carboxylic acids is 1. The summed E-state index contributed by atoms with van der Waals surface area (Å²) in [6.07, 6.45) is 2.72. The molecule has 5 heteroatoms. The van der Waals surface area contributed by atoms with Crippen LogP contribution in [0.25, 0.3) is 0 Å². The second-order valence-corrected chi connectivity index (χ2v) is 6.61. The van der Waals surface area contributed by atoms with Gasteiger partial charge in [0.05, 0.1) is 5.41 Å². The number of piperidine rings is 1. The molecule has 2 aliphatic rings. The van der Waals surface area contributed by atoms with Crippen molar-refractivity contribution in [3.8, 4) is 5.75 Å². The van der Waals surface area contributed by atoms with Gasteiger partial charge in [-0.3, -0.25) is 9.59 Å². The number of nitrogens with zero attached hydrogens (tertiary/aromatic N) is 1. The van der Waals surface area contributed by atoms with Crippen molar-refractivity contribution in [2.45, 2.75) is 38.2 Å². The average Bonchev–Trinajstić information content (AvgIpc) is 3.28. The van der Waals surface area contributed by atoms with E-state index >= 15 is 0 Å². The molecule has 1 unspecified atom stereocenters. The van der Waals surface area contributed by atoms with Crippen LogP contribution in [0.2, 0.25) is 0 Å². The third-order valence-electron chi connectivity index (χ3n) is 4.65. The fourth-order valence-electron chi connectivity index (χ4n) is 3.06. The zero-order valence-corrected chi connectivity index (χ0v) is 12.7. The van der Waals surface area contributed by atoms with Crippen LogP contribution in [-0.2, 0) is 9.59 Å². The number of para-hydroxylation sites is 1. The summed E-state index contributed by atoms with van der Waals surface area (Å²) < 4.78 is 5.92. The quantitative estimate of drug-likeness (QED) is 0.927. The van der Waals surface area contributed by atoms with E-state index in [1.165, 1.54) is 0 Å². The van der Waals surface area contributed by atoms with Crippen LogP contribution < -0.4 is 4.74 Å². The second kappa shape index (κ2) is 5.30. The van der Waals surface area contributed by atoms with Crippen molar-refractivity contribution in [2.24, 2.45) is 5.41 Å². The van der Waals surface area contributed by atoms with Crippen LogP contribution in [0.1, 0.15) is 32.6 Å². The predicted molar refractivity (Wildman–Crippen MR) is 80.6 cm³/mol. The Morgan fingerprint density at radius 2 is 1.86 bits per heavy atom. The Labute approximate surface area is 129 Å². The molecule has 1 aliphatic carbocycles. The fraction of sp³-hybridized carbons (Fsp3) is 0.529. The van der Waals surface area contributed by atoms with Crippen LogP contribution in [0.15, 0.2) is 30.3 Å². The lowest BCUT2D eigenvalue weighted by molar-refractivity contribution is -0.156. The van der Waals surface area contributed by atoms with Gasteiger partial charge < -0.3 is 14.7 Å². The maximum absolute atomic E-state index is 12.8. The third-order valence-corrected chi connectivity index (χ3v) is 4.65. The van der Waals surface area contributed by atoms with E-state index in [9.17, 15) is 14.7 Å². The number of ether oxygens (including phenoxy) is 1. The Balaban J connectivity index is 1.72. The number of hydrogen-bond donors (Lipinski definition) is 1. The van der Waals surface area contributed by atoms with Crippen LogP contribution >= 0.6 is 0 Å². The Bertz CT molecular complexity index is 582. The molecule has 1 saturated carbocycles. The van der Waals surface area contributed by atoms with Gasteiger partial charge in [-0.1, -0.05) is 18.2 Å². The molecule has 1 amide bonds. The van der Waals surface area contributed by atoms with E-state index in [0.29, 0.717) is 31.6 Å². The number of amides is 1. The normalized spacial score (nSPS) is 26.3. The zero-order valence-electron chi connectivity index (χ0n) is 12.7. The molecule has 5 nitrogen and oxygen atoms in total. The van der Waals surface area contributed by atoms with E-state index in [2.05, 4.69) is 0 Å². The maximum atomic E-state index is 12.8. The summed E-state index contributed by atoms with van der Waals surface area (Å²) in [6, 6.07) is 9.32. The first-order valence-electron chi connectivity index (χ1n) is 7.72. The van der Waals surface area contributed by atoms with Gasteiger partial charge in [0.2, 0.25) is 0 Å². The maximum Gasteiger partial charge on any atom is 0.311 e. The lowest BCUT2D eigenvalue weighted by Crippen LogP contribution is -2.53. The summed E-state index contributed by atoms with van der Waals surface area (Å²) >= 11 is 0. The van der Waals surface area contributed by atoms with E-state index < -0.39 is 17.0 Å². The standard InChI is InChI=1S/C17H21NO4/c1-16(15(20)21)8-5-11-18(12-16)14(19)17(9-10-17)22-13-6-3-2-4-7-13/h2-4,6-7H,5,8-12H2,1H3,(H,20,21). The molecule has 1 atom stereocenters. The van der Waals surface area contributed by atoms with Gasteiger partial charge in [0, 0.05) is 25.9 Å². The summed E-state index contributed by atoms with van der Waals surface area (Å²) in [4.78, 5) is 25.9. The van der Waals surface area contributed by atoms with E-state index in [0.717, 1.165) is 6.42 Å². The summed E-state index contributed by atoms with van der Waals surface area (Å²) in [5.74, 6) is -0.214. The molecule has 22 heavy (non-hydrogen) atoms. The minimum absolute atomic E-state index is 0.0662. The number of likely N-dealkylation sites (tertiary alicyclic amines) is 1. The molecule has 0 spiro atoms. The molecule has 1 saturated heterocycles. The van der Waals surface area contributed by atoms with Gasteiger partial charge in [-0.05, 0) is 31.9 Å². The van der Waals surface area contributed by atoms with Crippen molar-refractivity contribution < 1.29 is 19.4 Å². The van der Waals surface area contributed by atoms with Gasteiger partial charge in [-0.15, -0.1) is 0 Å². The van der Waals surface area contributed by atoms with Gasteiger partial charge in [-0.25, -0.2) is 0 Å².